The van der Waals surface area contributed by atoms with Crippen molar-refractivity contribution in [1.29, 1.82) is 0 Å². The van der Waals surface area contributed by atoms with Gasteiger partial charge in [-0.05, 0) is 49.2 Å². The fourth-order valence-electron chi connectivity index (χ4n) is 1.84. The molecule has 0 fully saturated rings. The molecule has 0 heterocycles. The Morgan fingerprint density at radius 3 is 1.36 bits per heavy atom. The first-order chi connectivity index (χ1) is 10.5. The lowest BCUT2D eigenvalue weighted by atomic mass is 10.1. The molecule has 0 amide bonds. The van der Waals surface area contributed by atoms with Gasteiger partial charge in [0, 0.05) is 0 Å². The molecule has 2 aromatic rings. The van der Waals surface area contributed by atoms with Gasteiger partial charge in [-0.3, -0.25) is 0 Å². The highest BCUT2D eigenvalue weighted by Gasteiger charge is 2.09. The van der Waals surface area contributed by atoms with Crippen molar-refractivity contribution in [2.45, 2.75) is 26.1 Å². The van der Waals surface area contributed by atoms with Crippen molar-refractivity contribution in [2.75, 3.05) is 0 Å². The van der Waals surface area contributed by atoms with Crippen molar-refractivity contribution in [3.8, 4) is 11.5 Å². The predicted molar refractivity (Wildman–Crippen MR) is 80.8 cm³/mol. The van der Waals surface area contributed by atoms with Crippen LogP contribution in [0.4, 0.5) is 4.79 Å². The molecule has 0 saturated carbocycles. The molecule has 116 valence electrons. The van der Waals surface area contributed by atoms with Gasteiger partial charge < -0.3 is 19.7 Å². The van der Waals surface area contributed by atoms with Crippen LogP contribution in [0, 0.1) is 0 Å². The van der Waals surface area contributed by atoms with Crippen molar-refractivity contribution >= 4 is 6.16 Å². The van der Waals surface area contributed by atoms with Crippen LogP contribution in [-0.4, -0.2) is 16.4 Å². The number of carbonyl (C=O) groups is 1. The zero-order chi connectivity index (χ0) is 16.1. The van der Waals surface area contributed by atoms with Crippen LogP contribution in [0.15, 0.2) is 48.5 Å². The normalized spacial score (nSPS) is 13.3. The fraction of sp³-hybridized carbons (Fsp3) is 0.235. The number of aliphatic hydroxyl groups excluding tert-OH is 2. The van der Waals surface area contributed by atoms with Crippen LogP contribution in [0.25, 0.3) is 0 Å². The van der Waals surface area contributed by atoms with Crippen molar-refractivity contribution in [3.05, 3.63) is 59.7 Å². The summed E-state index contributed by atoms with van der Waals surface area (Å²) in [5.41, 5.74) is 1.46. The number of rotatable bonds is 4. The number of carbonyl (C=O) groups excluding carboxylic acids is 1. The SMILES string of the molecule is CC(O)c1ccc(OC(=O)Oc2ccc(C(C)O)cc2)cc1. The third kappa shape index (κ3) is 4.31. The van der Waals surface area contributed by atoms with Gasteiger partial charge in [0.05, 0.1) is 12.2 Å². The average Bonchev–Trinajstić information content (AvgIpc) is 2.48. The summed E-state index contributed by atoms with van der Waals surface area (Å²) in [6, 6.07) is 13.0. The molecule has 22 heavy (non-hydrogen) atoms. The molecule has 2 rings (SSSR count). The van der Waals surface area contributed by atoms with Gasteiger partial charge in [0.15, 0.2) is 0 Å². The Hall–Kier alpha value is -2.37. The molecule has 5 nitrogen and oxygen atoms in total. The van der Waals surface area contributed by atoms with Crippen molar-refractivity contribution in [3.63, 3.8) is 0 Å². The largest absolute Gasteiger partial charge is 0.519 e. The van der Waals surface area contributed by atoms with Gasteiger partial charge in [0.25, 0.3) is 0 Å². The third-order valence-electron chi connectivity index (χ3n) is 3.13. The molecule has 0 radical (unpaired) electrons. The smallest absolute Gasteiger partial charge is 0.395 e. The molecule has 2 N–H and O–H groups in total. The van der Waals surface area contributed by atoms with E-state index < -0.39 is 18.4 Å². The highest BCUT2D eigenvalue weighted by atomic mass is 16.7. The van der Waals surface area contributed by atoms with E-state index in [0.29, 0.717) is 11.5 Å². The summed E-state index contributed by atoms with van der Waals surface area (Å²) in [5.74, 6) is 0.657. The van der Waals surface area contributed by atoms with E-state index in [4.69, 9.17) is 9.47 Å². The van der Waals surface area contributed by atoms with Crippen LogP contribution >= 0.6 is 0 Å². The van der Waals surface area contributed by atoms with Crippen molar-refractivity contribution in [2.24, 2.45) is 0 Å². The second-order valence-electron chi connectivity index (χ2n) is 4.94. The maximum atomic E-state index is 11.7. The first kappa shape index (κ1) is 16.0. The van der Waals surface area contributed by atoms with Crippen LogP contribution in [-0.2, 0) is 0 Å². The Morgan fingerprint density at radius 2 is 1.09 bits per heavy atom. The minimum atomic E-state index is -0.852. The second-order valence-corrected chi connectivity index (χ2v) is 4.94. The summed E-state index contributed by atoms with van der Waals surface area (Å²) < 4.78 is 10.1. The Balaban J connectivity index is 1.94. The molecule has 0 aliphatic carbocycles. The van der Waals surface area contributed by atoms with Gasteiger partial charge in [-0.2, -0.15) is 0 Å². The van der Waals surface area contributed by atoms with Gasteiger partial charge in [0.2, 0.25) is 0 Å². The summed E-state index contributed by atoms with van der Waals surface area (Å²) in [5, 5.41) is 18.8. The summed E-state index contributed by atoms with van der Waals surface area (Å²) in [4.78, 5) is 11.7. The monoisotopic (exact) mass is 302 g/mol. The van der Waals surface area contributed by atoms with Gasteiger partial charge in [-0.25, -0.2) is 4.79 Å². The van der Waals surface area contributed by atoms with Crippen LogP contribution in [0.2, 0.25) is 0 Å². The summed E-state index contributed by atoms with van der Waals surface area (Å²) in [6.07, 6.45) is -2.00. The fourth-order valence-corrected chi connectivity index (χ4v) is 1.84. The number of benzene rings is 2. The molecule has 0 spiro atoms. The molecule has 0 aromatic heterocycles. The van der Waals surface area contributed by atoms with E-state index in [1.54, 1.807) is 62.4 Å². The molecule has 0 aliphatic rings. The first-order valence-electron chi connectivity index (χ1n) is 6.91. The maximum Gasteiger partial charge on any atom is 0.519 e. The molecule has 2 aromatic carbocycles. The first-order valence-corrected chi connectivity index (χ1v) is 6.91. The molecule has 0 aliphatic heterocycles. The lowest BCUT2D eigenvalue weighted by Crippen LogP contribution is -2.13. The number of ether oxygens (including phenoxy) is 2. The predicted octanol–water partition coefficient (Wildman–Crippen LogP) is 3.37. The van der Waals surface area contributed by atoms with Gasteiger partial charge in [-0.15, -0.1) is 0 Å². The van der Waals surface area contributed by atoms with E-state index in [9.17, 15) is 15.0 Å². The zero-order valence-corrected chi connectivity index (χ0v) is 12.4. The molecule has 0 bridgehead atoms. The quantitative estimate of drug-likeness (QED) is 0.669. The van der Waals surface area contributed by atoms with E-state index in [2.05, 4.69) is 0 Å². The highest BCUT2D eigenvalue weighted by Crippen LogP contribution is 2.20. The number of aliphatic hydroxyl groups is 2. The van der Waals surface area contributed by atoms with Crippen LogP contribution < -0.4 is 9.47 Å². The second kappa shape index (κ2) is 7.06. The Kier molecular flexibility index (Phi) is 5.14. The molecule has 5 heteroatoms. The van der Waals surface area contributed by atoms with Gasteiger partial charge in [-0.1, -0.05) is 24.3 Å². The van der Waals surface area contributed by atoms with Crippen molar-refractivity contribution < 1.29 is 24.5 Å². The Morgan fingerprint density at radius 1 is 0.773 bits per heavy atom. The van der Waals surface area contributed by atoms with Crippen LogP contribution in [0.3, 0.4) is 0 Å². The Bertz CT molecular complexity index is 559. The molecule has 2 atom stereocenters. The summed E-state index contributed by atoms with van der Waals surface area (Å²) in [6.45, 7) is 3.31. The van der Waals surface area contributed by atoms with E-state index in [1.165, 1.54) is 0 Å². The lowest BCUT2D eigenvalue weighted by Gasteiger charge is -2.08. The topological polar surface area (TPSA) is 76.0 Å². The molecule has 2 unspecified atom stereocenters. The number of hydrogen-bond acceptors (Lipinski definition) is 5. The summed E-state index contributed by atoms with van der Waals surface area (Å²) >= 11 is 0. The van der Waals surface area contributed by atoms with E-state index in [-0.39, 0.29) is 0 Å². The minimum absolute atomic E-state index is 0.329. The minimum Gasteiger partial charge on any atom is -0.395 e. The maximum absolute atomic E-state index is 11.7. The molecular formula is C17H18O5. The van der Waals surface area contributed by atoms with Crippen LogP contribution in [0.1, 0.15) is 37.2 Å². The molecular weight excluding hydrogens is 284 g/mol. The molecule has 0 saturated heterocycles. The standard InChI is InChI=1S/C17H18O5/c1-11(18)13-3-7-15(8-4-13)21-17(20)22-16-9-5-14(6-10-16)12(2)19/h3-12,18-19H,1-2H3. The highest BCUT2D eigenvalue weighted by molar-refractivity contribution is 5.67. The van der Waals surface area contributed by atoms with E-state index >= 15 is 0 Å². The third-order valence-corrected chi connectivity index (χ3v) is 3.13. The van der Waals surface area contributed by atoms with Crippen LogP contribution in [0.5, 0.6) is 11.5 Å². The van der Waals surface area contributed by atoms with Gasteiger partial charge >= 0.3 is 6.16 Å². The van der Waals surface area contributed by atoms with E-state index in [0.717, 1.165) is 11.1 Å². The Labute approximate surface area is 128 Å². The lowest BCUT2D eigenvalue weighted by molar-refractivity contribution is 0.152. The number of hydrogen-bond donors (Lipinski definition) is 2. The van der Waals surface area contributed by atoms with Crippen molar-refractivity contribution in [1.82, 2.24) is 0 Å². The van der Waals surface area contributed by atoms with Gasteiger partial charge in [0.1, 0.15) is 11.5 Å². The van der Waals surface area contributed by atoms with E-state index in [1.807, 2.05) is 0 Å². The zero-order valence-electron chi connectivity index (χ0n) is 12.4. The average molecular weight is 302 g/mol. The summed E-state index contributed by atoms with van der Waals surface area (Å²) in [7, 11) is 0.